The molecule has 0 spiro atoms. The zero-order chi connectivity index (χ0) is 67.7. The largest absolute Gasteiger partial charge is 0.495 e. The summed E-state index contributed by atoms with van der Waals surface area (Å²) in [7, 11) is 5.92. The molecule has 7 N–H and O–H groups in total. The molecule has 2 fully saturated rings. The number of aromatic nitrogens is 2. The molecule has 4 heterocycles. The van der Waals surface area contributed by atoms with E-state index in [2.05, 4.69) is 10.6 Å². The van der Waals surface area contributed by atoms with Crippen LogP contribution in [0.25, 0.3) is 0 Å². The minimum atomic E-state index is -1.95. The van der Waals surface area contributed by atoms with E-state index in [1.54, 1.807) is 52.1 Å². The summed E-state index contributed by atoms with van der Waals surface area (Å²) in [6.07, 6.45) is 1.98. The monoisotopic (exact) mass is 1330 g/mol. The van der Waals surface area contributed by atoms with E-state index in [0.29, 0.717) is 53.5 Å². The van der Waals surface area contributed by atoms with Crippen LogP contribution in [0.15, 0.2) is 59.0 Å². The van der Waals surface area contributed by atoms with Crippen LogP contribution in [-0.4, -0.2) is 209 Å². The van der Waals surface area contributed by atoms with Crippen LogP contribution in [0.5, 0.6) is 29.3 Å². The number of esters is 1. The zero-order valence-corrected chi connectivity index (χ0v) is 55.9. The highest BCUT2D eigenvalue weighted by Crippen LogP contribution is 2.50. The Bertz CT molecular complexity index is 3070. The Morgan fingerprint density at radius 3 is 2.15 bits per heavy atom. The molecule has 0 radical (unpaired) electrons. The number of thioether (sulfide) groups is 1. The molecule has 4 amide bonds. The highest BCUT2D eigenvalue weighted by Gasteiger charge is 2.57. The third-order valence-electron chi connectivity index (χ3n) is 16.2. The Hall–Kier alpha value is -6.76. The number of hydrogen-bond donors (Lipinski definition) is 7. The summed E-state index contributed by atoms with van der Waals surface area (Å²) in [5, 5.41) is 58.6. The van der Waals surface area contributed by atoms with E-state index >= 15 is 0 Å². The minimum absolute atomic E-state index is 0.0394. The normalized spacial score (nSPS) is 21.6. The minimum Gasteiger partial charge on any atom is -0.495 e. The molecule has 6 unspecified atom stereocenters. The van der Waals surface area contributed by atoms with Gasteiger partial charge in [0.1, 0.15) is 46.3 Å². The van der Waals surface area contributed by atoms with Crippen molar-refractivity contribution in [1.29, 1.82) is 0 Å². The Labute approximate surface area is 545 Å². The first-order chi connectivity index (χ1) is 43.4. The molecule has 6 atom stereocenters. The molecule has 1 aromatic carbocycles. The predicted molar refractivity (Wildman–Crippen MR) is 337 cm³/mol. The number of hydrogen-bond acceptors (Lipinski definition) is 22. The number of benzene rings is 1. The quantitative estimate of drug-likeness (QED) is 0.0226. The lowest BCUT2D eigenvalue weighted by atomic mass is 9.85. The molecule has 92 heavy (non-hydrogen) atoms. The maximum Gasteiger partial charge on any atom is 0.409 e. The lowest BCUT2D eigenvalue weighted by Crippen LogP contribution is -2.66. The van der Waals surface area contributed by atoms with Gasteiger partial charge in [0.2, 0.25) is 35.4 Å². The van der Waals surface area contributed by atoms with Gasteiger partial charge in [-0.1, -0.05) is 49.2 Å². The van der Waals surface area contributed by atoms with E-state index in [-0.39, 0.29) is 113 Å². The van der Waals surface area contributed by atoms with Gasteiger partial charge in [0.05, 0.1) is 83.4 Å². The first kappa shape index (κ1) is 74.3. The number of allylic oxidation sites excluding steroid dienone is 3. The molecular formula is C63H91ClN6O21S. The molecule has 3 aliphatic rings. The van der Waals surface area contributed by atoms with Gasteiger partial charge in [-0.3, -0.25) is 24.3 Å². The van der Waals surface area contributed by atoms with Crippen molar-refractivity contribution in [2.75, 3.05) is 92.6 Å². The molecule has 1 aliphatic carbocycles. The van der Waals surface area contributed by atoms with Crippen LogP contribution in [-0.2, 0) is 74.8 Å². The number of fused-ring (bicyclic) bond motifs is 4. The molecule has 2 aromatic heterocycles. The van der Waals surface area contributed by atoms with Crippen molar-refractivity contribution in [2.45, 2.75) is 164 Å². The summed E-state index contributed by atoms with van der Waals surface area (Å²) >= 11 is 8.13. The second-order valence-corrected chi connectivity index (χ2v) is 26.4. The van der Waals surface area contributed by atoms with E-state index in [4.69, 9.17) is 59.1 Å². The number of rotatable bonds is 30. The van der Waals surface area contributed by atoms with Crippen LogP contribution >= 0.6 is 23.4 Å². The standard InChI is InChI=1S/C63H91ClN6O21S/c1-39-13-12-14-46(83-11)63(81)38-48(89-59(80)66-63)61(5,6)91-62(7,42-15-16-42)47(37-53(75)68(9)43-34-41(33-39)35-44(82-10)56(43)64)88-58(79)40(2)67(8)50(72)19-22-60(3,4)92-45-36-54(76)69(57(45)78)24-20-49(71)65-23-26-85-28-30-87-32-31-86-29-27-84-25-21-55(77)90-70-51(73)17-18-52(70)74/h12-14,17-18,34-36,40,42,46-48,73-74,76,78,81H,15-16,19-33,37-38H2,1-11H3,(H,65,71)(H,66,80). The van der Waals surface area contributed by atoms with Crippen LogP contribution in [0.2, 0.25) is 5.02 Å². The van der Waals surface area contributed by atoms with Crippen molar-refractivity contribution in [3.63, 3.8) is 0 Å². The summed E-state index contributed by atoms with van der Waals surface area (Å²) in [4.78, 5) is 89.0. The molecule has 512 valence electrons. The van der Waals surface area contributed by atoms with Crippen LogP contribution in [0, 0.1) is 5.92 Å². The molecule has 2 aliphatic heterocycles. The molecule has 1 saturated heterocycles. The third-order valence-corrected chi connectivity index (χ3v) is 17.9. The van der Waals surface area contributed by atoms with Crippen LogP contribution in [0.3, 0.4) is 0 Å². The van der Waals surface area contributed by atoms with Gasteiger partial charge in [-0.2, -0.15) is 0 Å². The van der Waals surface area contributed by atoms with Gasteiger partial charge < -0.3 is 88.1 Å². The zero-order valence-electron chi connectivity index (χ0n) is 54.3. The Morgan fingerprint density at radius 1 is 0.902 bits per heavy atom. The second-order valence-electron chi connectivity index (χ2n) is 24.2. The maximum absolute atomic E-state index is 14.8. The number of likely N-dealkylation sites (N-methyl/N-ethyl adjacent to an activating group) is 1. The average molecular weight is 1340 g/mol. The Morgan fingerprint density at radius 2 is 1.53 bits per heavy atom. The molecule has 27 nitrogen and oxygen atoms in total. The van der Waals surface area contributed by atoms with Gasteiger partial charge in [0.25, 0.3) is 0 Å². The average Bonchev–Trinajstić information content (AvgIpc) is 1.37. The summed E-state index contributed by atoms with van der Waals surface area (Å²) in [5.74, 6) is -4.07. The van der Waals surface area contributed by atoms with Crippen LogP contribution < -0.4 is 25.1 Å². The number of amides is 4. The van der Waals surface area contributed by atoms with Gasteiger partial charge in [-0.25, -0.2) is 14.4 Å². The number of methoxy groups -OCH3 is 2. The fourth-order valence-corrected chi connectivity index (χ4v) is 12.0. The van der Waals surface area contributed by atoms with Crippen molar-refractivity contribution in [3.8, 4) is 29.3 Å². The van der Waals surface area contributed by atoms with Gasteiger partial charge >= 0.3 is 18.0 Å². The third kappa shape index (κ3) is 20.6. The van der Waals surface area contributed by atoms with Gasteiger partial charge in [0.15, 0.2) is 11.6 Å². The lowest BCUT2D eigenvalue weighted by Gasteiger charge is -2.49. The number of alkyl carbamates (subject to hydrolysis) is 1. The Balaban J connectivity index is 0.986. The fraction of sp³-hybridized carbons (Fsp3) is 0.619. The maximum atomic E-state index is 14.8. The van der Waals surface area contributed by atoms with Crippen molar-refractivity contribution in [1.82, 2.24) is 24.8 Å². The number of anilines is 1. The number of carbonyl (C=O) groups excluding carboxylic acids is 6. The summed E-state index contributed by atoms with van der Waals surface area (Å²) in [5.41, 5.74) is -2.78. The van der Waals surface area contributed by atoms with Gasteiger partial charge in [-0.05, 0) is 83.9 Å². The topological polar surface area (TPSA) is 336 Å². The molecule has 29 heteroatoms. The van der Waals surface area contributed by atoms with Crippen molar-refractivity contribution >= 4 is 64.8 Å². The molecule has 3 aromatic rings. The molecule has 6 rings (SSSR count). The number of halogens is 1. The SMILES string of the molecule is COc1cc2cc(c1Cl)N(C)C(=O)CC(OC(=O)C(C)N(C)C(=O)CCC(C)(C)Sc1cc(O)n(CCC(=O)NCCOCCOCCOCCOCCC(=O)On3c(O)ccc3O)c1O)C(C)(C1CC1)OC(C)(C)C1CC(O)(NC(=O)O1)C(OC)C=CC=C(C)C2. The predicted octanol–water partition coefficient (Wildman–Crippen LogP) is 6.08. The summed E-state index contributed by atoms with van der Waals surface area (Å²) < 4.78 is 53.5. The fourth-order valence-electron chi connectivity index (χ4n) is 10.5. The van der Waals surface area contributed by atoms with Crippen molar-refractivity contribution < 1.29 is 102 Å². The van der Waals surface area contributed by atoms with Gasteiger partial charge in [-0.15, -0.1) is 16.5 Å². The second kappa shape index (κ2) is 33.4. The molecule has 1 saturated carbocycles. The van der Waals surface area contributed by atoms with E-state index in [0.717, 1.165) is 11.1 Å². The molecular weight excluding hydrogens is 1240 g/mol. The first-order valence-corrected chi connectivity index (χ1v) is 31.7. The van der Waals surface area contributed by atoms with Gasteiger partial charge in [0, 0.05) is 76.5 Å². The number of nitrogens with one attached hydrogen (secondary N) is 2. The lowest BCUT2D eigenvalue weighted by molar-refractivity contribution is -0.245. The number of nitrogens with zero attached hydrogens (tertiary/aromatic N) is 4. The van der Waals surface area contributed by atoms with Crippen molar-refractivity contribution in [3.05, 3.63) is 64.7 Å². The number of ether oxygens (including phenoxy) is 9. The van der Waals surface area contributed by atoms with E-state index in [1.807, 2.05) is 26.8 Å². The van der Waals surface area contributed by atoms with Crippen molar-refractivity contribution in [2.24, 2.45) is 5.92 Å². The van der Waals surface area contributed by atoms with Crippen LogP contribution in [0.4, 0.5) is 10.5 Å². The first-order valence-electron chi connectivity index (χ1n) is 30.5. The number of carbonyl (C=O) groups is 6. The highest BCUT2D eigenvalue weighted by atomic mass is 35.5. The number of aliphatic hydroxyl groups is 1. The van der Waals surface area contributed by atoms with E-state index in [9.17, 15) is 54.3 Å². The molecule has 4 bridgehead atoms. The summed E-state index contributed by atoms with van der Waals surface area (Å²) in [6, 6.07) is 6.11. The highest BCUT2D eigenvalue weighted by molar-refractivity contribution is 8.00. The van der Waals surface area contributed by atoms with Crippen LogP contribution in [0.1, 0.15) is 105 Å². The number of aromatic hydroxyl groups is 4. The Kier molecular flexibility index (Phi) is 26.9. The van der Waals surface area contributed by atoms with E-state index < -0.39 is 94.1 Å². The smallest absolute Gasteiger partial charge is 0.409 e. The summed E-state index contributed by atoms with van der Waals surface area (Å²) in [6.45, 7) is 14.3. The van der Waals surface area contributed by atoms with E-state index in [1.165, 1.54) is 72.5 Å².